The van der Waals surface area contributed by atoms with Gasteiger partial charge in [0.05, 0.1) is 12.9 Å². The molecule has 3 aromatic rings. The second kappa shape index (κ2) is 10.1. The molecule has 0 unspecified atom stereocenters. The van der Waals surface area contributed by atoms with Crippen LogP contribution in [0, 0.1) is 0 Å². The molecular weight excluding hydrogens is 384 g/mol. The van der Waals surface area contributed by atoms with E-state index in [0.717, 1.165) is 30.0 Å². The van der Waals surface area contributed by atoms with Gasteiger partial charge in [0.25, 0.3) is 0 Å². The zero-order valence-corrected chi connectivity index (χ0v) is 17.8. The third-order valence-corrected chi connectivity index (χ3v) is 5.65. The summed E-state index contributed by atoms with van der Waals surface area (Å²) in [4.78, 5) is 12.3. The quantitative estimate of drug-likeness (QED) is 0.545. The Morgan fingerprint density at radius 3 is 2.55 bits per heavy atom. The van der Waals surface area contributed by atoms with E-state index in [1.54, 1.807) is 7.11 Å². The third kappa shape index (κ3) is 5.84. The fourth-order valence-corrected chi connectivity index (χ4v) is 3.70. The van der Waals surface area contributed by atoms with Crippen LogP contribution in [0.1, 0.15) is 18.9 Å². The Morgan fingerprint density at radius 1 is 1.14 bits per heavy atom. The Morgan fingerprint density at radius 2 is 1.86 bits per heavy atom. The van der Waals surface area contributed by atoms with E-state index in [1.165, 1.54) is 17.3 Å². The van der Waals surface area contributed by atoms with Crippen molar-refractivity contribution in [3.8, 4) is 17.1 Å². The molecule has 1 N–H and O–H groups in total. The number of amides is 1. The highest BCUT2D eigenvalue weighted by Crippen LogP contribution is 2.24. The van der Waals surface area contributed by atoms with Crippen LogP contribution in [-0.4, -0.2) is 39.6 Å². The molecule has 152 valence electrons. The second-order valence-electron chi connectivity index (χ2n) is 6.88. The molecule has 3 rings (SSSR count). The Labute approximate surface area is 175 Å². The van der Waals surface area contributed by atoms with E-state index in [0.29, 0.717) is 10.9 Å². The minimum Gasteiger partial charge on any atom is -0.497 e. The zero-order chi connectivity index (χ0) is 20.6. The first-order valence-electron chi connectivity index (χ1n) is 9.56. The van der Waals surface area contributed by atoms with Crippen molar-refractivity contribution in [1.82, 2.24) is 20.1 Å². The van der Waals surface area contributed by atoms with E-state index >= 15 is 0 Å². The van der Waals surface area contributed by atoms with Gasteiger partial charge in [-0.2, -0.15) is 0 Å². The van der Waals surface area contributed by atoms with Crippen LogP contribution in [0.25, 0.3) is 11.4 Å². The van der Waals surface area contributed by atoms with Gasteiger partial charge in [0.2, 0.25) is 5.91 Å². The summed E-state index contributed by atoms with van der Waals surface area (Å²) < 4.78 is 7.09. The molecule has 29 heavy (non-hydrogen) atoms. The monoisotopic (exact) mass is 410 g/mol. The summed E-state index contributed by atoms with van der Waals surface area (Å²) >= 11 is 1.39. The number of hydrogen-bond acceptors (Lipinski definition) is 5. The van der Waals surface area contributed by atoms with Gasteiger partial charge in [-0.3, -0.25) is 4.79 Å². The maximum absolute atomic E-state index is 12.3. The minimum absolute atomic E-state index is 0.00422. The van der Waals surface area contributed by atoms with Crippen LogP contribution >= 0.6 is 11.8 Å². The third-order valence-electron chi connectivity index (χ3n) is 4.63. The fraction of sp³-hybridized carbons (Fsp3) is 0.318. The molecule has 1 atom stereocenters. The van der Waals surface area contributed by atoms with E-state index in [4.69, 9.17) is 4.74 Å². The summed E-state index contributed by atoms with van der Waals surface area (Å²) in [6, 6.07) is 18.1. The van der Waals surface area contributed by atoms with Gasteiger partial charge in [-0.15, -0.1) is 10.2 Å². The molecule has 0 saturated carbocycles. The smallest absolute Gasteiger partial charge is 0.230 e. The molecule has 2 aromatic carbocycles. The summed E-state index contributed by atoms with van der Waals surface area (Å²) in [6.45, 7) is 2.04. The summed E-state index contributed by atoms with van der Waals surface area (Å²) in [5, 5.41) is 12.3. The first kappa shape index (κ1) is 20.9. The number of hydrogen-bond donors (Lipinski definition) is 1. The lowest BCUT2D eigenvalue weighted by molar-refractivity contribution is -0.119. The maximum Gasteiger partial charge on any atom is 0.230 e. The van der Waals surface area contributed by atoms with Gasteiger partial charge >= 0.3 is 0 Å². The highest BCUT2D eigenvalue weighted by molar-refractivity contribution is 7.99. The standard InChI is InChI=1S/C22H26N4O2S/c1-16(9-10-17-7-5-4-6-8-17)23-20(27)15-29-22-25-24-21(26(22)2)18-11-13-19(28-3)14-12-18/h4-8,11-14,16H,9-10,15H2,1-3H3,(H,23,27)/t16-/m0/s1. The molecule has 0 fully saturated rings. The van der Waals surface area contributed by atoms with Gasteiger partial charge in [0.1, 0.15) is 5.75 Å². The lowest BCUT2D eigenvalue weighted by Gasteiger charge is -2.13. The number of methoxy groups -OCH3 is 1. The van der Waals surface area contributed by atoms with Crippen molar-refractivity contribution in [1.29, 1.82) is 0 Å². The highest BCUT2D eigenvalue weighted by atomic mass is 32.2. The Balaban J connectivity index is 1.49. The van der Waals surface area contributed by atoms with Crippen molar-refractivity contribution in [3.63, 3.8) is 0 Å². The van der Waals surface area contributed by atoms with Gasteiger partial charge in [0.15, 0.2) is 11.0 Å². The number of benzene rings is 2. The molecule has 6 nitrogen and oxygen atoms in total. The van der Waals surface area contributed by atoms with Gasteiger partial charge in [-0.05, 0) is 49.6 Å². The zero-order valence-electron chi connectivity index (χ0n) is 17.0. The van der Waals surface area contributed by atoms with Crippen molar-refractivity contribution < 1.29 is 9.53 Å². The summed E-state index contributed by atoms with van der Waals surface area (Å²) in [5.41, 5.74) is 2.24. The van der Waals surface area contributed by atoms with Crippen molar-refractivity contribution in [3.05, 3.63) is 60.2 Å². The first-order chi connectivity index (χ1) is 14.1. The predicted molar refractivity (Wildman–Crippen MR) is 116 cm³/mol. The number of aromatic nitrogens is 3. The molecule has 0 spiro atoms. The van der Waals surface area contributed by atoms with E-state index in [-0.39, 0.29) is 11.9 Å². The van der Waals surface area contributed by atoms with Crippen molar-refractivity contribution in [2.75, 3.05) is 12.9 Å². The van der Waals surface area contributed by atoms with Crippen molar-refractivity contribution in [2.45, 2.75) is 31.0 Å². The Hall–Kier alpha value is -2.80. The van der Waals surface area contributed by atoms with E-state index in [1.807, 2.05) is 61.0 Å². The SMILES string of the molecule is COc1ccc(-c2nnc(SCC(=O)N[C@@H](C)CCc3ccccc3)n2C)cc1. The Kier molecular flexibility index (Phi) is 7.30. The Bertz CT molecular complexity index is 926. The van der Waals surface area contributed by atoms with E-state index < -0.39 is 0 Å². The highest BCUT2D eigenvalue weighted by Gasteiger charge is 2.14. The average molecular weight is 411 g/mol. The number of carbonyl (C=O) groups excluding carboxylic acids is 1. The summed E-state index contributed by atoms with van der Waals surface area (Å²) in [7, 11) is 3.54. The molecule has 1 heterocycles. The molecular formula is C22H26N4O2S. The first-order valence-corrected chi connectivity index (χ1v) is 10.5. The van der Waals surface area contributed by atoms with Crippen molar-refractivity contribution >= 4 is 17.7 Å². The molecule has 1 amide bonds. The topological polar surface area (TPSA) is 69.0 Å². The normalized spacial score (nSPS) is 11.8. The number of carbonyl (C=O) groups is 1. The fourth-order valence-electron chi connectivity index (χ4n) is 2.98. The summed E-state index contributed by atoms with van der Waals surface area (Å²) in [6.07, 6.45) is 1.86. The molecule has 0 radical (unpaired) electrons. The van der Waals surface area contributed by atoms with Gasteiger partial charge in [-0.1, -0.05) is 42.1 Å². The van der Waals surface area contributed by atoms with Crippen LogP contribution in [0.5, 0.6) is 5.75 Å². The maximum atomic E-state index is 12.3. The largest absolute Gasteiger partial charge is 0.497 e. The number of nitrogens with one attached hydrogen (secondary N) is 1. The van der Waals surface area contributed by atoms with Crippen LogP contribution in [-0.2, 0) is 18.3 Å². The number of rotatable bonds is 9. The van der Waals surface area contributed by atoms with Crippen molar-refractivity contribution in [2.24, 2.45) is 7.05 Å². The van der Waals surface area contributed by atoms with E-state index in [2.05, 4.69) is 27.6 Å². The van der Waals surface area contributed by atoms with Crippen LogP contribution in [0.3, 0.4) is 0 Å². The average Bonchev–Trinajstić information content (AvgIpc) is 3.12. The molecule has 0 aliphatic rings. The lowest BCUT2D eigenvalue weighted by Crippen LogP contribution is -2.34. The number of ether oxygens (including phenoxy) is 1. The number of thioether (sulfide) groups is 1. The molecule has 7 heteroatoms. The second-order valence-corrected chi connectivity index (χ2v) is 7.82. The minimum atomic E-state index is 0.00422. The van der Waals surface area contributed by atoms with Gasteiger partial charge in [0, 0.05) is 18.7 Å². The summed E-state index contributed by atoms with van der Waals surface area (Å²) in [5.74, 6) is 1.87. The molecule has 0 bridgehead atoms. The van der Waals surface area contributed by atoms with Crippen LogP contribution < -0.4 is 10.1 Å². The van der Waals surface area contributed by atoms with Crippen LogP contribution in [0.15, 0.2) is 59.8 Å². The lowest BCUT2D eigenvalue weighted by atomic mass is 10.1. The molecule has 1 aromatic heterocycles. The van der Waals surface area contributed by atoms with Crippen LogP contribution in [0.2, 0.25) is 0 Å². The molecule has 0 aliphatic heterocycles. The number of nitrogens with zero attached hydrogens (tertiary/aromatic N) is 3. The predicted octanol–water partition coefficient (Wildman–Crippen LogP) is 3.72. The van der Waals surface area contributed by atoms with Gasteiger partial charge < -0.3 is 14.6 Å². The number of aryl methyl sites for hydroxylation is 1. The van der Waals surface area contributed by atoms with Gasteiger partial charge in [-0.25, -0.2) is 0 Å². The molecule has 0 aliphatic carbocycles. The molecule has 0 saturated heterocycles. The van der Waals surface area contributed by atoms with E-state index in [9.17, 15) is 4.79 Å². The van der Waals surface area contributed by atoms with Crippen LogP contribution in [0.4, 0.5) is 0 Å².